The largest absolute Gasteiger partial charge is 0.378 e. The van der Waals surface area contributed by atoms with E-state index in [1.165, 1.54) is 0 Å². The van der Waals surface area contributed by atoms with Crippen LogP contribution in [0.5, 0.6) is 0 Å². The molecule has 0 aromatic rings. The molecule has 2 heteroatoms. The molecule has 0 heterocycles. The van der Waals surface area contributed by atoms with Crippen LogP contribution >= 0.6 is 0 Å². The van der Waals surface area contributed by atoms with Crippen molar-refractivity contribution in [3.63, 3.8) is 0 Å². The van der Waals surface area contributed by atoms with Crippen LogP contribution in [0.2, 0.25) is 19.6 Å². The second kappa shape index (κ2) is 7.14. The highest BCUT2D eigenvalue weighted by Crippen LogP contribution is 2.21. The molecule has 0 spiro atoms. The van der Waals surface area contributed by atoms with Gasteiger partial charge in [-0.05, 0) is 25.7 Å². The molecule has 1 nitrogen and oxygen atoms in total. The summed E-state index contributed by atoms with van der Waals surface area (Å²) in [5, 5.41) is 10.5. The summed E-state index contributed by atoms with van der Waals surface area (Å²) >= 11 is 0. The van der Waals surface area contributed by atoms with E-state index in [-0.39, 0.29) is 0 Å². The lowest BCUT2D eigenvalue weighted by Crippen LogP contribution is -2.28. The maximum Gasteiger partial charge on any atom is 0.129 e. The van der Waals surface area contributed by atoms with Crippen LogP contribution in [-0.4, -0.2) is 18.8 Å². The van der Waals surface area contributed by atoms with E-state index in [1.807, 2.05) is 0 Å². The summed E-state index contributed by atoms with van der Waals surface area (Å²) in [6, 6.07) is 0. The van der Waals surface area contributed by atoms with E-state index in [1.54, 1.807) is 0 Å². The molecule has 0 fully saturated rings. The SMILES string of the molecule is CCCCC(O)(C#C[Si](C)(C)C)CCCC. The second-order valence-corrected chi connectivity index (χ2v) is 10.5. The van der Waals surface area contributed by atoms with Gasteiger partial charge in [0.1, 0.15) is 13.7 Å². The third-order valence-corrected chi connectivity index (χ3v) is 3.43. The Bertz CT molecular complexity index is 234. The lowest BCUT2D eigenvalue weighted by Gasteiger charge is -2.22. The first-order valence-corrected chi connectivity index (χ1v) is 10.1. The quantitative estimate of drug-likeness (QED) is 0.550. The molecule has 0 radical (unpaired) electrons. The van der Waals surface area contributed by atoms with Crippen molar-refractivity contribution < 1.29 is 5.11 Å². The van der Waals surface area contributed by atoms with Crippen LogP contribution in [0.1, 0.15) is 52.4 Å². The van der Waals surface area contributed by atoms with Gasteiger partial charge >= 0.3 is 0 Å². The Morgan fingerprint density at radius 1 is 1.00 bits per heavy atom. The number of unbranched alkanes of at least 4 members (excludes halogenated alkanes) is 2. The Hall–Kier alpha value is -0.263. The molecule has 0 atom stereocenters. The molecule has 0 aromatic carbocycles. The summed E-state index contributed by atoms with van der Waals surface area (Å²) in [6.07, 6.45) is 6.06. The molecule has 0 unspecified atom stereocenters. The van der Waals surface area contributed by atoms with Crippen LogP contribution in [0.15, 0.2) is 0 Å². The highest BCUT2D eigenvalue weighted by atomic mass is 28.3. The molecule has 0 aromatic heterocycles. The molecule has 0 aliphatic rings. The predicted octanol–water partition coefficient (Wildman–Crippen LogP) is 3.98. The fourth-order valence-electron chi connectivity index (χ4n) is 1.49. The average molecular weight is 240 g/mol. The minimum absolute atomic E-state index is 0.716. The summed E-state index contributed by atoms with van der Waals surface area (Å²) in [6.45, 7) is 11.0. The van der Waals surface area contributed by atoms with Crippen LogP contribution in [0, 0.1) is 11.5 Å². The first-order chi connectivity index (χ1) is 7.33. The molecule has 0 bridgehead atoms. The van der Waals surface area contributed by atoms with Crippen molar-refractivity contribution in [2.24, 2.45) is 0 Å². The summed E-state index contributed by atoms with van der Waals surface area (Å²) in [5.41, 5.74) is 2.60. The van der Waals surface area contributed by atoms with Crippen LogP contribution < -0.4 is 0 Å². The maximum absolute atomic E-state index is 10.5. The maximum atomic E-state index is 10.5. The minimum Gasteiger partial charge on any atom is -0.378 e. The predicted molar refractivity (Wildman–Crippen MR) is 75.1 cm³/mol. The third-order valence-electron chi connectivity index (χ3n) is 2.56. The van der Waals surface area contributed by atoms with Crippen molar-refractivity contribution in [3.05, 3.63) is 0 Å². The zero-order valence-electron chi connectivity index (χ0n) is 11.7. The van der Waals surface area contributed by atoms with Gasteiger partial charge in [-0.15, -0.1) is 5.54 Å². The Morgan fingerprint density at radius 3 is 1.75 bits per heavy atom. The Morgan fingerprint density at radius 2 is 1.44 bits per heavy atom. The molecule has 0 rings (SSSR count). The van der Waals surface area contributed by atoms with Gasteiger partial charge in [-0.3, -0.25) is 0 Å². The number of hydrogen-bond donors (Lipinski definition) is 1. The van der Waals surface area contributed by atoms with Crippen LogP contribution in [0.3, 0.4) is 0 Å². The minimum atomic E-state index is -1.37. The first-order valence-electron chi connectivity index (χ1n) is 6.59. The van der Waals surface area contributed by atoms with Crippen molar-refractivity contribution in [1.82, 2.24) is 0 Å². The molecule has 0 saturated heterocycles. The molecule has 0 aliphatic carbocycles. The first kappa shape index (κ1) is 15.7. The van der Waals surface area contributed by atoms with Gasteiger partial charge in [0.25, 0.3) is 0 Å². The molecule has 0 saturated carbocycles. The smallest absolute Gasteiger partial charge is 0.129 e. The Kier molecular flexibility index (Phi) is 7.02. The summed E-state index contributed by atoms with van der Waals surface area (Å²) in [5.74, 6) is 3.17. The van der Waals surface area contributed by atoms with Gasteiger partial charge in [0.15, 0.2) is 0 Å². The van der Waals surface area contributed by atoms with Crippen molar-refractivity contribution in [2.75, 3.05) is 0 Å². The van der Waals surface area contributed by atoms with Crippen molar-refractivity contribution >= 4 is 8.07 Å². The van der Waals surface area contributed by atoms with Crippen LogP contribution in [0.4, 0.5) is 0 Å². The fourth-order valence-corrected chi connectivity index (χ4v) is 2.10. The Balaban J connectivity index is 4.55. The van der Waals surface area contributed by atoms with E-state index in [0.29, 0.717) is 0 Å². The van der Waals surface area contributed by atoms with Crippen molar-refractivity contribution in [3.8, 4) is 11.5 Å². The standard InChI is InChI=1S/C14H28OSi/c1-6-8-10-14(15,11-9-7-2)12-13-16(3,4)5/h15H,6-11H2,1-5H3. The fraction of sp³-hybridized carbons (Fsp3) is 0.857. The summed E-state index contributed by atoms with van der Waals surface area (Å²) < 4.78 is 0. The Labute approximate surface area is 103 Å². The van der Waals surface area contributed by atoms with Gasteiger partial charge in [0.05, 0.1) is 0 Å². The molecule has 1 N–H and O–H groups in total. The average Bonchev–Trinajstić information content (AvgIpc) is 2.20. The third kappa shape index (κ3) is 7.96. The highest BCUT2D eigenvalue weighted by molar-refractivity contribution is 6.83. The number of hydrogen-bond acceptors (Lipinski definition) is 1. The van der Waals surface area contributed by atoms with Crippen molar-refractivity contribution in [1.29, 1.82) is 0 Å². The molecule has 94 valence electrons. The van der Waals surface area contributed by atoms with Gasteiger partial charge in [-0.1, -0.05) is 52.3 Å². The van der Waals surface area contributed by atoms with E-state index < -0.39 is 13.7 Å². The van der Waals surface area contributed by atoms with Gasteiger partial charge in [-0.2, -0.15) is 0 Å². The molecular weight excluding hydrogens is 212 g/mol. The molecule has 0 aliphatic heterocycles. The van der Waals surface area contributed by atoms with Crippen LogP contribution in [0.25, 0.3) is 0 Å². The zero-order chi connectivity index (χ0) is 12.7. The lowest BCUT2D eigenvalue weighted by atomic mass is 9.92. The van der Waals surface area contributed by atoms with E-state index >= 15 is 0 Å². The van der Waals surface area contributed by atoms with Gasteiger partial charge in [-0.25, -0.2) is 0 Å². The van der Waals surface area contributed by atoms with Gasteiger partial charge in [0, 0.05) is 0 Å². The van der Waals surface area contributed by atoms with E-state index in [0.717, 1.165) is 38.5 Å². The highest BCUT2D eigenvalue weighted by Gasteiger charge is 2.23. The summed E-state index contributed by atoms with van der Waals surface area (Å²) in [7, 11) is -1.37. The monoisotopic (exact) mass is 240 g/mol. The van der Waals surface area contributed by atoms with Gasteiger partial charge in [0.2, 0.25) is 0 Å². The van der Waals surface area contributed by atoms with Crippen LogP contribution in [-0.2, 0) is 0 Å². The molecule has 16 heavy (non-hydrogen) atoms. The zero-order valence-corrected chi connectivity index (χ0v) is 12.7. The lowest BCUT2D eigenvalue weighted by molar-refractivity contribution is 0.0774. The van der Waals surface area contributed by atoms with E-state index in [9.17, 15) is 5.11 Å². The number of aliphatic hydroxyl groups is 1. The van der Waals surface area contributed by atoms with Gasteiger partial charge < -0.3 is 5.11 Å². The van der Waals surface area contributed by atoms with E-state index in [2.05, 4.69) is 45.0 Å². The second-order valence-electron chi connectivity index (χ2n) is 5.74. The van der Waals surface area contributed by atoms with E-state index in [4.69, 9.17) is 0 Å². The normalized spacial score (nSPS) is 12.1. The molecule has 0 amide bonds. The van der Waals surface area contributed by atoms with Crippen molar-refractivity contribution in [2.45, 2.75) is 77.6 Å². The molecular formula is C14H28OSi. The summed E-state index contributed by atoms with van der Waals surface area (Å²) in [4.78, 5) is 0. The number of rotatable bonds is 6. The topological polar surface area (TPSA) is 20.2 Å².